The van der Waals surface area contributed by atoms with Crippen LogP contribution in [-0.4, -0.2) is 33.2 Å². The van der Waals surface area contributed by atoms with Gasteiger partial charge in [0.1, 0.15) is 0 Å². The lowest BCUT2D eigenvalue weighted by Crippen LogP contribution is -2.06. The molecule has 0 saturated heterocycles. The summed E-state index contributed by atoms with van der Waals surface area (Å²) in [6.07, 6.45) is 2.56. The van der Waals surface area contributed by atoms with E-state index in [1.54, 1.807) is 6.92 Å². The van der Waals surface area contributed by atoms with Gasteiger partial charge in [0.25, 0.3) is 0 Å². The Morgan fingerprint density at radius 1 is 1.00 bits per heavy atom. The van der Waals surface area contributed by atoms with Gasteiger partial charge in [0.05, 0.1) is 11.1 Å². The van der Waals surface area contributed by atoms with Gasteiger partial charge >= 0.3 is 17.9 Å². The number of benzene rings is 1. The summed E-state index contributed by atoms with van der Waals surface area (Å²) in [4.78, 5) is 30.7. The lowest BCUT2D eigenvalue weighted by molar-refractivity contribution is -0.131. The van der Waals surface area contributed by atoms with Crippen molar-refractivity contribution in [3.05, 3.63) is 47.0 Å². The van der Waals surface area contributed by atoms with E-state index in [2.05, 4.69) is 0 Å². The summed E-state index contributed by atoms with van der Waals surface area (Å²) in [6, 6.07) is 4.17. The van der Waals surface area contributed by atoms with E-state index in [-0.39, 0.29) is 16.7 Å². The molecule has 0 saturated carbocycles. The fourth-order valence-corrected chi connectivity index (χ4v) is 1.24. The Labute approximate surface area is 109 Å². The average molecular weight is 266 g/mol. The monoisotopic (exact) mass is 266 g/mol. The summed E-state index contributed by atoms with van der Waals surface area (Å²) in [6.45, 7) is 3.14. The van der Waals surface area contributed by atoms with Gasteiger partial charge in [-0.15, -0.1) is 0 Å². The molecule has 0 unspecified atom stereocenters. The maximum absolute atomic E-state index is 10.6. The molecule has 3 N–H and O–H groups in total. The van der Waals surface area contributed by atoms with Gasteiger partial charge in [-0.2, -0.15) is 0 Å². The molecule has 102 valence electrons. The van der Waals surface area contributed by atoms with Gasteiger partial charge in [0.15, 0.2) is 0 Å². The summed E-state index contributed by atoms with van der Waals surface area (Å²) < 4.78 is 0. The first kappa shape index (κ1) is 16.4. The van der Waals surface area contributed by atoms with E-state index in [1.807, 2.05) is 0 Å². The minimum Gasteiger partial charge on any atom is -0.478 e. The molecule has 0 heterocycles. The Balaban J connectivity index is 0.000000459. The van der Waals surface area contributed by atoms with Crippen molar-refractivity contribution in [3.63, 3.8) is 0 Å². The highest BCUT2D eigenvalue weighted by Crippen LogP contribution is 2.13. The van der Waals surface area contributed by atoms with Crippen LogP contribution in [0, 0.1) is 6.92 Å². The van der Waals surface area contributed by atoms with Crippen LogP contribution in [0.3, 0.4) is 0 Å². The highest BCUT2D eigenvalue weighted by Gasteiger charge is 2.13. The summed E-state index contributed by atoms with van der Waals surface area (Å²) in [5.41, 5.74) is 0.335. The minimum atomic E-state index is -1.11. The molecule has 0 aliphatic carbocycles. The molecule has 0 radical (unpaired) electrons. The van der Waals surface area contributed by atoms with E-state index < -0.39 is 17.9 Å². The third-order valence-corrected chi connectivity index (χ3v) is 2.10. The molecule has 19 heavy (non-hydrogen) atoms. The van der Waals surface area contributed by atoms with Crippen LogP contribution in [0.5, 0.6) is 0 Å². The SMILES string of the molecule is CC=CC(=O)O.Cc1c(C(=O)O)cccc1C(=O)O. The number of carboxylic acid groups (broad SMARTS) is 3. The molecular formula is C13H14O6. The Morgan fingerprint density at radius 3 is 1.63 bits per heavy atom. The summed E-state index contributed by atoms with van der Waals surface area (Å²) in [7, 11) is 0. The smallest absolute Gasteiger partial charge is 0.335 e. The fourth-order valence-electron chi connectivity index (χ4n) is 1.24. The summed E-state index contributed by atoms with van der Waals surface area (Å²) in [5, 5.41) is 25.2. The van der Waals surface area contributed by atoms with Crippen molar-refractivity contribution in [3.8, 4) is 0 Å². The van der Waals surface area contributed by atoms with Crippen LogP contribution in [0.2, 0.25) is 0 Å². The highest BCUT2D eigenvalue weighted by molar-refractivity contribution is 5.96. The molecule has 6 nitrogen and oxygen atoms in total. The third kappa shape index (κ3) is 5.49. The number of carboxylic acids is 3. The van der Waals surface area contributed by atoms with Gasteiger partial charge in [-0.25, -0.2) is 14.4 Å². The first-order valence-corrected chi connectivity index (χ1v) is 5.23. The Morgan fingerprint density at radius 2 is 1.42 bits per heavy atom. The summed E-state index contributed by atoms with van der Waals surface area (Å²) in [5.74, 6) is -3.11. The second-order valence-electron chi connectivity index (χ2n) is 3.43. The van der Waals surface area contributed by atoms with Crippen LogP contribution in [0.1, 0.15) is 33.2 Å². The van der Waals surface area contributed by atoms with Crippen LogP contribution >= 0.6 is 0 Å². The molecule has 0 atom stereocenters. The van der Waals surface area contributed by atoms with Crippen molar-refractivity contribution in [2.75, 3.05) is 0 Å². The molecule has 1 aromatic rings. The van der Waals surface area contributed by atoms with Gasteiger partial charge in [0, 0.05) is 6.08 Å². The van der Waals surface area contributed by atoms with Crippen molar-refractivity contribution < 1.29 is 29.7 Å². The van der Waals surface area contributed by atoms with Crippen LogP contribution in [0.25, 0.3) is 0 Å². The van der Waals surface area contributed by atoms with Gasteiger partial charge in [-0.05, 0) is 31.5 Å². The molecule has 0 fully saturated rings. The Kier molecular flexibility index (Phi) is 6.59. The first-order chi connectivity index (χ1) is 8.81. The number of rotatable bonds is 3. The van der Waals surface area contributed by atoms with E-state index >= 15 is 0 Å². The average Bonchev–Trinajstić information content (AvgIpc) is 2.28. The largest absolute Gasteiger partial charge is 0.478 e. The zero-order chi connectivity index (χ0) is 15.0. The molecule has 0 aliphatic rings. The summed E-state index contributed by atoms with van der Waals surface area (Å²) >= 11 is 0. The van der Waals surface area contributed by atoms with Crippen LogP contribution in [-0.2, 0) is 4.79 Å². The van der Waals surface area contributed by atoms with Crippen molar-refractivity contribution in [2.24, 2.45) is 0 Å². The molecule has 0 aromatic heterocycles. The van der Waals surface area contributed by atoms with Crippen LogP contribution < -0.4 is 0 Å². The molecule has 0 amide bonds. The molecule has 1 aromatic carbocycles. The van der Waals surface area contributed by atoms with E-state index in [4.69, 9.17) is 15.3 Å². The van der Waals surface area contributed by atoms with Crippen molar-refractivity contribution in [1.82, 2.24) is 0 Å². The molecule has 0 bridgehead atoms. The lowest BCUT2D eigenvalue weighted by Gasteiger charge is -2.03. The number of aromatic carboxylic acids is 2. The van der Waals surface area contributed by atoms with Gasteiger partial charge in [-0.3, -0.25) is 0 Å². The molecule has 6 heteroatoms. The second-order valence-corrected chi connectivity index (χ2v) is 3.43. The Hall–Kier alpha value is -2.63. The predicted octanol–water partition coefficient (Wildman–Crippen LogP) is 2.04. The molecule has 0 spiro atoms. The molecule has 1 rings (SSSR count). The van der Waals surface area contributed by atoms with Crippen molar-refractivity contribution in [2.45, 2.75) is 13.8 Å². The van der Waals surface area contributed by atoms with E-state index in [0.717, 1.165) is 6.08 Å². The first-order valence-electron chi connectivity index (χ1n) is 5.23. The second kappa shape index (κ2) is 7.65. The van der Waals surface area contributed by atoms with Crippen LogP contribution in [0.15, 0.2) is 30.4 Å². The van der Waals surface area contributed by atoms with E-state index in [0.29, 0.717) is 0 Å². The minimum absolute atomic E-state index is 0.0277. The van der Waals surface area contributed by atoms with Crippen LogP contribution in [0.4, 0.5) is 0 Å². The van der Waals surface area contributed by atoms with Crippen molar-refractivity contribution >= 4 is 17.9 Å². The lowest BCUT2D eigenvalue weighted by atomic mass is 10.0. The molecule has 0 aliphatic heterocycles. The van der Waals surface area contributed by atoms with Crippen molar-refractivity contribution in [1.29, 1.82) is 0 Å². The normalized spacial score (nSPS) is 9.58. The Bertz CT molecular complexity index is 484. The zero-order valence-corrected chi connectivity index (χ0v) is 10.5. The topological polar surface area (TPSA) is 112 Å². The number of hydrogen-bond donors (Lipinski definition) is 3. The third-order valence-electron chi connectivity index (χ3n) is 2.10. The standard InChI is InChI=1S/C9H8O4.C4H6O2/c1-5-6(8(10)11)3-2-4-7(5)9(12)13;1-2-3-4(5)6/h2-4H,1H3,(H,10,11)(H,12,13);2-3H,1H3,(H,5,6). The number of carbonyl (C=O) groups is 3. The number of aliphatic carboxylic acids is 1. The zero-order valence-electron chi connectivity index (χ0n) is 10.5. The predicted molar refractivity (Wildman–Crippen MR) is 67.5 cm³/mol. The highest BCUT2D eigenvalue weighted by atomic mass is 16.4. The molecular weight excluding hydrogens is 252 g/mol. The maximum atomic E-state index is 10.6. The van der Waals surface area contributed by atoms with Gasteiger partial charge < -0.3 is 15.3 Å². The maximum Gasteiger partial charge on any atom is 0.335 e. The van der Waals surface area contributed by atoms with E-state index in [9.17, 15) is 14.4 Å². The van der Waals surface area contributed by atoms with E-state index in [1.165, 1.54) is 31.2 Å². The van der Waals surface area contributed by atoms with Gasteiger partial charge in [0.2, 0.25) is 0 Å². The number of hydrogen-bond acceptors (Lipinski definition) is 3. The fraction of sp³-hybridized carbons (Fsp3) is 0.154. The van der Waals surface area contributed by atoms with Gasteiger partial charge in [-0.1, -0.05) is 12.1 Å². The number of allylic oxidation sites excluding steroid dienone is 1. The quantitative estimate of drug-likeness (QED) is 0.722.